The molecular weight excluding hydrogens is 591 g/mol. The fourth-order valence-corrected chi connectivity index (χ4v) is 12.3. The Morgan fingerprint density at radius 2 is 1.79 bits per heavy atom. The van der Waals surface area contributed by atoms with E-state index in [2.05, 4.69) is 36.8 Å². The van der Waals surface area contributed by atoms with Crippen LogP contribution in [-0.2, 0) is 12.0 Å². The first-order chi connectivity index (χ1) is 20.1. The van der Waals surface area contributed by atoms with Gasteiger partial charge in [0.1, 0.15) is 5.75 Å². The summed E-state index contributed by atoms with van der Waals surface area (Å²) in [7, 11) is 0. The number of aliphatic hydroxyl groups excluding tert-OH is 1. The van der Waals surface area contributed by atoms with Gasteiger partial charge < -0.3 is 10.2 Å². The van der Waals surface area contributed by atoms with Crippen molar-refractivity contribution in [3.8, 4) is 5.75 Å². The van der Waals surface area contributed by atoms with Crippen LogP contribution in [0, 0.1) is 33.3 Å². The van der Waals surface area contributed by atoms with E-state index < -0.39 is 0 Å². The summed E-state index contributed by atoms with van der Waals surface area (Å²) in [4.78, 5) is 11.3. The van der Waals surface area contributed by atoms with Crippen molar-refractivity contribution in [1.29, 1.82) is 0 Å². The van der Waals surface area contributed by atoms with Gasteiger partial charge in [0.25, 0.3) is 0 Å². The number of benzene rings is 2. The summed E-state index contributed by atoms with van der Waals surface area (Å²) in [6, 6.07) is 11.6. The van der Waals surface area contributed by atoms with Gasteiger partial charge in [-0.1, -0.05) is 13.0 Å². The summed E-state index contributed by atoms with van der Waals surface area (Å²) in [5.41, 5.74) is 4.18. The Balaban J connectivity index is 0.989. The Hall–Kier alpha value is -1.92. The molecule has 4 aliphatic rings. The van der Waals surface area contributed by atoms with E-state index >= 15 is 0 Å². The van der Waals surface area contributed by atoms with Gasteiger partial charge in [-0.2, -0.15) is 0 Å². The molecule has 2 aromatic carbocycles. The second-order valence-electron chi connectivity index (χ2n) is 14.3. The van der Waals surface area contributed by atoms with Crippen molar-refractivity contribution in [1.82, 2.24) is 3.92 Å². The van der Waals surface area contributed by atoms with Crippen LogP contribution in [0.25, 0.3) is 0 Å². The van der Waals surface area contributed by atoms with E-state index in [1.807, 2.05) is 18.2 Å². The Morgan fingerprint density at radius 3 is 2.57 bits per heavy atom. The molecule has 0 radical (unpaired) electrons. The molecule has 2 saturated carbocycles. The van der Waals surface area contributed by atoms with E-state index in [-0.39, 0.29) is 42.8 Å². The van der Waals surface area contributed by atoms with Gasteiger partial charge >= 0.3 is 175 Å². The summed E-state index contributed by atoms with van der Waals surface area (Å²) in [6.45, 7) is 7.78. The van der Waals surface area contributed by atoms with E-state index in [1.165, 1.54) is 49.7 Å². The molecule has 0 spiro atoms. The maximum absolute atomic E-state index is 11.6. The molecule has 0 aromatic heterocycles. The Kier molecular flexibility index (Phi) is 8.52. The van der Waals surface area contributed by atoms with Gasteiger partial charge in [0.05, 0.1) is 6.10 Å². The van der Waals surface area contributed by atoms with Gasteiger partial charge in [0, 0.05) is 0 Å². The van der Waals surface area contributed by atoms with Gasteiger partial charge in [0.15, 0.2) is 0 Å². The Labute approximate surface area is 257 Å². The number of nitro groups is 1. The fraction of sp³-hybridized carbons (Fsp3) is 0.657. The van der Waals surface area contributed by atoms with Gasteiger partial charge in [-0.15, -0.1) is 0 Å². The minimum absolute atomic E-state index is 0.000315. The predicted molar refractivity (Wildman–Crippen MR) is 168 cm³/mol. The van der Waals surface area contributed by atoms with Gasteiger partial charge in [-0.3, -0.25) is 0 Å². The van der Waals surface area contributed by atoms with Crippen LogP contribution in [0.4, 0.5) is 5.69 Å². The number of aliphatic hydroxyl groups is 1. The van der Waals surface area contributed by atoms with Crippen LogP contribution in [0.2, 0.25) is 0 Å². The third kappa shape index (κ3) is 5.33. The first kappa shape index (κ1) is 30.1. The number of hydrogen-bond acceptors (Lipinski definition) is 5. The summed E-state index contributed by atoms with van der Waals surface area (Å²) in [6.07, 6.45) is 14.0. The van der Waals surface area contributed by atoms with Gasteiger partial charge in [-0.05, 0) is 48.8 Å². The van der Waals surface area contributed by atoms with Crippen LogP contribution in [0.3, 0.4) is 0 Å². The quantitative estimate of drug-likeness (QED) is 0.127. The molecule has 1 heterocycles. The zero-order chi connectivity index (χ0) is 29.6. The van der Waals surface area contributed by atoms with E-state index in [0.717, 1.165) is 55.1 Å². The van der Waals surface area contributed by atoms with E-state index in [4.69, 9.17) is 0 Å². The second-order valence-corrected chi connectivity index (χ2v) is 16.5. The average Bonchev–Trinajstić information content (AvgIpc) is 3.40. The number of phenolic OH excluding ortho intramolecular Hbond substituents is 1. The molecule has 6 nitrogen and oxygen atoms in total. The van der Waals surface area contributed by atoms with Crippen molar-refractivity contribution >= 4 is 25.3 Å². The Morgan fingerprint density at radius 1 is 1.02 bits per heavy atom. The van der Waals surface area contributed by atoms with Crippen molar-refractivity contribution in [2.75, 3.05) is 6.54 Å². The molecule has 228 valence electrons. The SMILES string of the molecule is CC1(C)c2cccc([N+](=O)[O-])c2[Se]N1CCCCCCCC[C@@H]1Cc2cc(O)ccc2C2CC[C@@]3(C)C(CC[C@@H]3O)C21. The van der Waals surface area contributed by atoms with E-state index in [1.54, 1.807) is 6.07 Å². The number of phenols is 1. The van der Waals surface area contributed by atoms with Crippen molar-refractivity contribution in [3.63, 3.8) is 0 Å². The Bertz CT molecular complexity index is 1310. The van der Waals surface area contributed by atoms with Crippen molar-refractivity contribution < 1.29 is 15.1 Å². The molecule has 2 aromatic rings. The molecule has 0 amide bonds. The van der Waals surface area contributed by atoms with Crippen LogP contribution < -0.4 is 4.46 Å². The molecule has 1 aliphatic heterocycles. The minimum atomic E-state index is -0.222. The standard InChI is InChI=1S/C35H48N2O4Se/c1-34(2)29-12-10-13-30(37(40)41)33(29)42-36(34)20-9-7-5-4-6-8-11-23-21-24-22-25(38)14-15-26(24)27-18-19-35(3)28(32(23)27)16-17-31(35)39/h10,12-15,22-23,27-28,31-32,38-39H,4-9,11,16-21H2,1-3H3/t23-,27?,28?,31+,32?,35+/m1/s1. The van der Waals surface area contributed by atoms with Crippen LogP contribution >= 0.6 is 0 Å². The van der Waals surface area contributed by atoms with Crippen LogP contribution in [0.1, 0.15) is 114 Å². The average molecular weight is 640 g/mol. The summed E-state index contributed by atoms with van der Waals surface area (Å²) in [5.74, 6) is 2.88. The van der Waals surface area contributed by atoms with Crippen LogP contribution in [0.15, 0.2) is 36.4 Å². The second kappa shape index (κ2) is 11.9. The number of unbranched alkanes of at least 4 members (excludes halogenated alkanes) is 5. The number of nitrogens with zero attached hydrogens (tertiary/aromatic N) is 2. The third-order valence-corrected chi connectivity index (χ3v) is 14.8. The molecule has 7 heteroatoms. The number of hydrogen-bond donors (Lipinski definition) is 2. The molecule has 6 atom stereocenters. The first-order valence-electron chi connectivity index (χ1n) is 16.3. The number of fused-ring (bicyclic) bond motifs is 6. The van der Waals surface area contributed by atoms with E-state index in [0.29, 0.717) is 29.4 Å². The monoisotopic (exact) mass is 640 g/mol. The molecule has 6 rings (SSSR count). The van der Waals surface area contributed by atoms with Gasteiger partial charge in [0.2, 0.25) is 0 Å². The normalized spacial score (nSPS) is 31.3. The molecule has 42 heavy (non-hydrogen) atoms. The third-order valence-electron chi connectivity index (χ3n) is 11.7. The van der Waals surface area contributed by atoms with Crippen LogP contribution in [0.5, 0.6) is 5.75 Å². The molecule has 0 bridgehead atoms. The molecule has 2 N–H and O–H groups in total. The number of nitro benzene ring substituents is 1. The zero-order valence-corrected chi connectivity index (χ0v) is 27.3. The van der Waals surface area contributed by atoms with Crippen molar-refractivity contribution in [3.05, 3.63) is 63.2 Å². The number of rotatable bonds is 10. The summed E-state index contributed by atoms with van der Waals surface area (Å²) < 4.78 is 3.43. The maximum atomic E-state index is 11.6. The first-order valence-corrected chi connectivity index (χ1v) is 18.0. The van der Waals surface area contributed by atoms with Crippen LogP contribution in [-0.4, -0.2) is 46.9 Å². The zero-order valence-electron chi connectivity index (χ0n) is 25.6. The van der Waals surface area contributed by atoms with Crippen molar-refractivity contribution in [2.45, 2.75) is 115 Å². The van der Waals surface area contributed by atoms with E-state index in [9.17, 15) is 20.3 Å². The molecular formula is C35H48N2O4Se. The summed E-state index contributed by atoms with van der Waals surface area (Å²) >= 11 is 0.000315. The predicted octanol–water partition coefficient (Wildman–Crippen LogP) is 6.97. The molecule has 0 saturated heterocycles. The fourth-order valence-electron chi connectivity index (χ4n) is 9.33. The topological polar surface area (TPSA) is 86.8 Å². The van der Waals surface area contributed by atoms with Crippen molar-refractivity contribution in [2.24, 2.45) is 23.2 Å². The molecule has 2 fully saturated rings. The number of aromatic hydroxyl groups is 1. The molecule has 3 aliphatic carbocycles. The summed E-state index contributed by atoms with van der Waals surface area (Å²) in [5, 5.41) is 32.7. The van der Waals surface area contributed by atoms with Gasteiger partial charge in [-0.25, -0.2) is 0 Å². The molecule has 3 unspecified atom stereocenters.